The van der Waals surface area contributed by atoms with Gasteiger partial charge in [0.25, 0.3) is 0 Å². The third kappa shape index (κ3) is 7.50. The van der Waals surface area contributed by atoms with Gasteiger partial charge in [0.15, 0.2) is 0 Å². The number of carbonyl (C=O) groups is 1. The first kappa shape index (κ1) is 15.5. The molecule has 0 aliphatic rings. The summed E-state index contributed by atoms with van der Waals surface area (Å²) in [6.07, 6.45) is 4.61. The van der Waals surface area contributed by atoms with E-state index in [1.807, 2.05) is 19.1 Å². The summed E-state index contributed by atoms with van der Waals surface area (Å²) in [5, 5.41) is 0. The summed E-state index contributed by atoms with van der Waals surface area (Å²) in [6.45, 7) is 5.11. The van der Waals surface area contributed by atoms with Gasteiger partial charge in [0.1, 0.15) is 5.75 Å². The van der Waals surface area contributed by atoms with Crippen molar-refractivity contribution in [3.8, 4) is 5.75 Å². The van der Waals surface area contributed by atoms with Crippen LogP contribution in [0.3, 0.4) is 0 Å². The largest absolute Gasteiger partial charge is 0.494 e. The predicted molar refractivity (Wildman–Crippen MR) is 76.4 cm³/mol. The van der Waals surface area contributed by atoms with Gasteiger partial charge in [-0.05, 0) is 38.8 Å². The molecule has 106 valence electrons. The van der Waals surface area contributed by atoms with Gasteiger partial charge in [-0.25, -0.2) is 0 Å². The van der Waals surface area contributed by atoms with E-state index < -0.39 is 0 Å². The lowest BCUT2D eigenvalue weighted by atomic mass is 10.1. The summed E-state index contributed by atoms with van der Waals surface area (Å²) in [5.74, 6) is 0.843. The van der Waals surface area contributed by atoms with E-state index in [2.05, 4.69) is 19.1 Å². The van der Waals surface area contributed by atoms with Crippen LogP contribution < -0.4 is 4.74 Å². The van der Waals surface area contributed by atoms with E-state index in [1.54, 1.807) is 0 Å². The number of esters is 1. The molecule has 1 aromatic carbocycles. The number of unbranched alkanes of at least 4 members (excludes halogenated alkanes) is 3. The maximum absolute atomic E-state index is 11.1. The molecule has 19 heavy (non-hydrogen) atoms. The highest BCUT2D eigenvalue weighted by Crippen LogP contribution is 2.12. The van der Waals surface area contributed by atoms with Crippen LogP contribution in [0.5, 0.6) is 5.75 Å². The topological polar surface area (TPSA) is 35.5 Å². The maximum Gasteiger partial charge on any atom is 0.305 e. The number of rotatable bonds is 9. The Labute approximate surface area is 115 Å². The smallest absolute Gasteiger partial charge is 0.305 e. The Balaban J connectivity index is 1.96. The number of ether oxygens (including phenoxy) is 2. The Kier molecular flexibility index (Phi) is 7.71. The minimum Gasteiger partial charge on any atom is -0.494 e. The Hall–Kier alpha value is -1.51. The van der Waals surface area contributed by atoms with Crippen LogP contribution in [0.15, 0.2) is 24.3 Å². The van der Waals surface area contributed by atoms with E-state index in [0.717, 1.165) is 38.0 Å². The first-order valence-corrected chi connectivity index (χ1v) is 7.07. The summed E-state index contributed by atoms with van der Waals surface area (Å²) in [5.41, 5.74) is 1.24. The molecule has 0 saturated carbocycles. The minimum atomic E-state index is -0.0848. The molecule has 1 aromatic rings. The summed E-state index contributed by atoms with van der Waals surface area (Å²) in [4.78, 5) is 11.1. The highest BCUT2D eigenvalue weighted by molar-refractivity contribution is 5.69. The first-order valence-electron chi connectivity index (χ1n) is 7.07. The Morgan fingerprint density at radius 2 is 1.74 bits per heavy atom. The van der Waals surface area contributed by atoms with Crippen LogP contribution in [-0.4, -0.2) is 19.2 Å². The zero-order chi connectivity index (χ0) is 13.9. The second-order valence-corrected chi connectivity index (χ2v) is 4.63. The minimum absolute atomic E-state index is 0.0848. The molecule has 0 atom stereocenters. The fourth-order valence-corrected chi connectivity index (χ4v) is 1.78. The van der Waals surface area contributed by atoms with Crippen LogP contribution in [0, 0.1) is 6.92 Å². The molecule has 0 amide bonds. The number of hydrogen-bond acceptors (Lipinski definition) is 3. The Morgan fingerprint density at radius 3 is 2.42 bits per heavy atom. The average Bonchev–Trinajstić information content (AvgIpc) is 2.40. The van der Waals surface area contributed by atoms with E-state index in [1.165, 1.54) is 5.56 Å². The lowest BCUT2D eigenvalue weighted by molar-refractivity contribution is -0.143. The number of aryl methyl sites for hydroxylation is 1. The number of carbonyl (C=O) groups excluding carboxylic acids is 1. The zero-order valence-electron chi connectivity index (χ0n) is 12.0. The van der Waals surface area contributed by atoms with Gasteiger partial charge in [-0.1, -0.05) is 30.5 Å². The fraction of sp³-hybridized carbons (Fsp3) is 0.562. The molecule has 0 saturated heterocycles. The molecule has 0 bridgehead atoms. The molecule has 0 N–H and O–H groups in total. The predicted octanol–water partition coefficient (Wildman–Crippen LogP) is 3.89. The van der Waals surface area contributed by atoms with E-state index in [9.17, 15) is 4.79 Å². The van der Waals surface area contributed by atoms with E-state index in [0.29, 0.717) is 13.0 Å². The highest BCUT2D eigenvalue weighted by atomic mass is 16.5. The molecule has 0 aromatic heterocycles. The van der Waals surface area contributed by atoms with Gasteiger partial charge in [-0.15, -0.1) is 0 Å². The summed E-state index contributed by atoms with van der Waals surface area (Å²) in [6, 6.07) is 8.09. The third-order valence-electron chi connectivity index (χ3n) is 2.87. The molecule has 0 unspecified atom stereocenters. The van der Waals surface area contributed by atoms with Crippen LogP contribution >= 0.6 is 0 Å². The van der Waals surface area contributed by atoms with Crippen LogP contribution in [0.1, 0.15) is 44.6 Å². The summed E-state index contributed by atoms with van der Waals surface area (Å²) in [7, 11) is 0. The van der Waals surface area contributed by atoms with Gasteiger partial charge < -0.3 is 9.47 Å². The molecular weight excluding hydrogens is 240 g/mol. The molecular formula is C16H24O3. The van der Waals surface area contributed by atoms with Crippen molar-refractivity contribution < 1.29 is 14.3 Å². The van der Waals surface area contributed by atoms with E-state index in [4.69, 9.17) is 9.47 Å². The molecule has 0 aliphatic carbocycles. The van der Waals surface area contributed by atoms with Crippen molar-refractivity contribution in [1.82, 2.24) is 0 Å². The molecule has 3 nitrogen and oxygen atoms in total. The first-order chi connectivity index (χ1) is 9.22. The van der Waals surface area contributed by atoms with Gasteiger partial charge in [0, 0.05) is 6.42 Å². The van der Waals surface area contributed by atoms with Gasteiger partial charge in [0.2, 0.25) is 0 Å². The maximum atomic E-state index is 11.1. The SMILES string of the molecule is CCOC(=O)CCCCCCOc1ccc(C)cc1. The van der Waals surface area contributed by atoms with Crippen molar-refractivity contribution in [2.75, 3.05) is 13.2 Å². The number of benzene rings is 1. The number of hydrogen-bond donors (Lipinski definition) is 0. The van der Waals surface area contributed by atoms with Crippen molar-refractivity contribution in [2.24, 2.45) is 0 Å². The lowest BCUT2D eigenvalue weighted by Crippen LogP contribution is -2.03. The molecule has 3 heteroatoms. The normalized spacial score (nSPS) is 10.2. The highest BCUT2D eigenvalue weighted by Gasteiger charge is 2.00. The van der Waals surface area contributed by atoms with Crippen molar-refractivity contribution in [2.45, 2.75) is 46.0 Å². The van der Waals surface area contributed by atoms with Crippen LogP contribution in [0.2, 0.25) is 0 Å². The second kappa shape index (κ2) is 9.42. The molecule has 0 aliphatic heterocycles. The van der Waals surface area contributed by atoms with Gasteiger partial charge in [-0.3, -0.25) is 4.79 Å². The summed E-state index contributed by atoms with van der Waals surface area (Å²) >= 11 is 0. The van der Waals surface area contributed by atoms with Crippen molar-refractivity contribution in [3.05, 3.63) is 29.8 Å². The fourth-order valence-electron chi connectivity index (χ4n) is 1.78. The van der Waals surface area contributed by atoms with Crippen molar-refractivity contribution >= 4 is 5.97 Å². The molecule has 0 radical (unpaired) electrons. The van der Waals surface area contributed by atoms with Crippen molar-refractivity contribution in [3.63, 3.8) is 0 Å². The Bertz CT molecular complexity index is 357. The van der Waals surface area contributed by atoms with Crippen LogP contribution in [-0.2, 0) is 9.53 Å². The monoisotopic (exact) mass is 264 g/mol. The second-order valence-electron chi connectivity index (χ2n) is 4.63. The average molecular weight is 264 g/mol. The zero-order valence-corrected chi connectivity index (χ0v) is 12.0. The standard InChI is InChI=1S/C16H24O3/c1-3-18-16(17)8-6-4-5-7-13-19-15-11-9-14(2)10-12-15/h9-12H,3-8,13H2,1-2H3. The van der Waals surface area contributed by atoms with Crippen LogP contribution in [0.4, 0.5) is 0 Å². The molecule has 1 rings (SSSR count). The quantitative estimate of drug-likeness (QED) is 0.501. The summed E-state index contributed by atoms with van der Waals surface area (Å²) < 4.78 is 10.5. The van der Waals surface area contributed by atoms with Crippen molar-refractivity contribution in [1.29, 1.82) is 0 Å². The molecule has 0 fully saturated rings. The van der Waals surface area contributed by atoms with E-state index in [-0.39, 0.29) is 5.97 Å². The van der Waals surface area contributed by atoms with E-state index >= 15 is 0 Å². The third-order valence-corrected chi connectivity index (χ3v) is 2.87. The molecule has 0 spiro atoms. The lowest BCUT2D eigenvalue weighted by Gasteiger charge is -2.06. The van der Waals surface area contributed by atoms with Gasteiger partial charge >= 0.3 is 5.97 Å². The van der Waals surface area contributed by atoms with Gasteiger partial charge in [-0.2, -0.15) is 0 Å². The van der Waals surface area contributed by atoms with Gasteiger partial charge in [0.05, 0.1) is 13.2 Å². The molecule has 0 heterocycles. The van der Waals surface area contributed by atoms with Crippen LogP contribution in [0.25, 0.3) is 0 Å². The Morgan fingerprint density at radius 1 is 1.05 bits per heavy atom.